The number of aliphatic hydroxyl groups is 1. The molecule has 6 heteroatoms. The van der Waals surface area contributed by atoms with Crippen LogP contribution in [-0.2, 0) is 6.42 Å². The predicted molar refractivity (Wildman–Crippen MR) is 66.0 cm³/mol. The Kier molecular flexibility index (Phi) is 4.09. The van der Waals surface area contributed by atoms with Crippen molar-refractivity contribution in [3.8, 4) is 0 Å². The number of thiazole rings is 1. The van der Waals surface area contributed by atoms with E-state index in [0.29, 0.717) is 25.2 Å². The molecule has 1 saturated heterocycles. The SMILES string of the molecule is NCCc1nc(C(=O)N2CCC[C@H]2CO)cs1. The molecule has 94 valence electrons. The van der Waals surface area contributed by atoms with Gasteiger partial charge in [0.1, 0.15) is 5.69 Å². The van der Waals surface area contributed by atoms with Crippen molar-refractivity contribution in [2.75, 3.05) is 19.7 Å². The topological polar surface area (TPSA) is 79.5 Å². The highest BCUT2D eigenvalue weighted by Gasteiger charge is 2.29. The number of nitrogens with zero attached hydrogens (tertiary/aromatic N) is 2. The number of hydrogen-bond donors (Lipinski definition) is 2. The fraction of sp³-hybridized carbons (Fsp3) is 0.636. The summed E-state index contributed by atoms with van der Waals surface area (Å²) in [6.07, 6.45) is 2.54. The van der Waals surface area contributed by atoms with Gasteiger partial charge in [0.05, 0.1) is 17.7 Å². The van der Waals surface area contributed by atoms with E-state index < -0.39 is 0 Å². The second kappa shape index (κ2) is 5.57. The van der Waals surface area contributed by atoms with E-state index in [0.717, 1.165) is 17.8 Å². The number of hydrogen-bond acceptors (Lipinski definition) is 5. The van der Waals surface area contributed by atoms with Crippen LogP contribution < -0.4 is 5.73 Å². The highest BCUT2D eigenvalue weighted by atomic mass is 32.1. The number of aromatic nitrogens is 1. The van der Waals surface area contributed by atoms with Crippen LogP contribution in [0.5, 0.6) is 0 Å². The van der Waals surface area contributed by atoms with Crippen molar-refractivity contribution in [1.29, 1.82) is 0 Å². The molecule has 0 aliphatic carbocycles. The van der Waals surface area contributed by atoms with Crippen molar-refractivity contribution in [3.05, 3.63) is 16.1 Å². The van der Waals surface area contributed by atoms with Gasteiger partial charge in [-0.25, -0.2) is 4.98 Å². The molecule has 1 aliphatic heterocycles. The van der Waals surface area contributed by atoms with Crippen molar-refractivity contribution in [1.82, 2.24) is 9.88 Å². The minimum Gasteiger partial charge on any atom is -0.394 e. The second-order valence-electron chi connectivity index (χ2n) is 4.14. The zero-order chi connectivity index (χ0) is 12.3. The van der Waals surface area contributed by atoms with Crippen molar-refractivity contribution in [3.63, 3.8) is 0 Å². The summed E-state index contributed by atoms with van der Waals surface area (Å²) in [4.78, 5) is 18.2. The lowest BCUT2D eigenvalue weighted by atomic mass is 10.2. The minimum atomic E-state index is -0.0685. The monoisotopic (exact) mass is 255 g/mol. The number of rotatable bonds is 4. The van der Waals surface area contributed by atoms with Gasteiger partial charge < -0.3 is 15.7 Å². The Balaban J connectivity index is 2.07. The molecule has 17 heavy (non-hydrogen) atoms. The molecule has 0 unspecified atom stereocenters. The van der Waals surface area contributed by atoms with Crippen molar-refractivity contribution in [2.24, 2.45) is 5.73 Å². The molecular weight excluding hydrogens is 238 g/mol. The molecule has 1 fully saturated rings. The van der Waals surface area contributed by atoms with E-state index in [1.165, 1.54) is 11.3 Å². The van der Waals surface area contributed by atoms with E-state index in [2.05, 4.69) is 4.98 Å². The molecular formula is C11H17N3O2S. The summed E-state index contributed by atoms with van der Waals surface area (Å²) in [5.74, 6) is -0.0685. The van der Waals surface area contributed by atoms with Gasteiger partial charge >= 0.3 is 0 Å². The van der Waals surface area contributed by atoms with Gasteiger partial charge in [0, 0.05) is 18.3 Å². The fourth-order valence-corrected chi connectivity index (χ4v) is 2.88. The normalized spacial score (nSPS) is 19.9. The molecule has 1 amide bonds. The van der Waals surface area contributed by atoms with E-state index in [1.54, 1.807) is 10.3 Å². The van der Waals surface area contributed by atoms with E-state index >= 15 is 0 Å². The fourth-order valence-electron chi connectivity index (χ4n) is 2.09. The van der Waals surface area contributed by atoms with Crippen LogP contribution in [0, 0.1) is 0 Å². The van der Waals surface area contributed by atoms with Gasteiger partial charge in [0.15, 0.2) is 0 Å². The lowest BCUT2D eigenvalue weighted by molar-refractivity contribution is 0.0672. The largest absolute Gasteiger partial charge is 0.394 e. The Morgan fingerprint density at radius 1 is 1.71 bits per heavy atom. The third kappa shape index (κ3) is 2.65. The first-order valence-electron chi connectivity index (χ1n) is 5.82. The van der Waals surface area contributed by atoms with Crippen molar-refractivity contribution in [2.45, 2.75) is 25.3 Å². The number of aliphatic hydroxyl groups excluding tert-OH is 1. The Bertz CT molecular complexity index is 394. The number of likely N-dealkylation sites (tertiary alicyclic amines) is 1. The quantitative estimate of drug-likeness (QED) is 0.808. The van der Waals surface area contributed by atoms with E-state index in [4.69, 9.17) is 5.73 Å². The summed E-state index contributed by atoms with van der Waals surface area (Å²) in [5, 5.41) is 11.9. The maximum absolute atomic E-state index is 12.2. The number of amides is 1. The lowest BCUT2D eigenvalue weighted by Gasteiger charge is -2.21. The molecule has 2 heterocycles. The lowest BCUT2D eigenvalue weighted by Crippen LogP contribution is -2.37. The summed E-state index contributed by atoms with van der Waals surface area (Å²) in [5.41, 5.74) is 5.93. The zero-order valence-corrected chi connectivity index (χ0v) is 10.4. The molecule has 0 spiro atoms. The average molecular weight is 255 g/mol. The van der Waals surface area contributed by atoms with Gasteiger partial charge in [-0.2, -0.15) is 0 Å². The molecule has 0 radical (unpaired) electrons. The predicted octanol–water partition coefficient (Wildman–Crippen LogP) is 0.241. The first kappa shape index (κ1) is 12.5. The Morgan fingerprint density at radius 2 is 2.53 bits per heavy atom. The first-order valence-corrected chi connectivity index (χ1v) is 6.70. The average Bonchev–Trinajstić information content (AvgIpc) is 2.96. The smallest absolute Gasteiger partial charge is 0.273 e. The Hall–Kier alpha value is -0.980. The standard InChI is InChI=1S/C11H17N3O2S/c12-4-3-10-13-9(7-17-10)11(16)14-5-1-2-8(14)6-15/h7-8,15H,1-6,12H2/t8-/m0/s1. The molecule has 1 aromatic rings. The van der Waals surface area contributed by atoms with Gasteiger partial charge in [-0.05, 0) is 19.4 Å². The maximum Gasteiger partial charge on any atom is 0.273 e. The van der Waals surface area contributed by atoms with Crippen molar-refractivity contribution < 1.29 is 9.90 Å². The van der Waals surface area contributed by atoms with Crippen LogP contribution in [-0.4, -0.2) is 46.6 Å². The van der Waals surface area contributed by atoms with Crippen LogP contribution in [0.1, 0.15) is 28.3 Å². The van der Waals surface area contributed by atoms with E-state index in [-0.39, 0.29) is 18.6 Å². The molecule has 2 rings (SSSR count). The molecule has 3 N–H and O–H groups in total. The van der Waals surface area contributed by atoms with Crippen LogP contribution in [0.4, 0.5) is 0 Å². The second-order valence-corrected chi connectivity index (χ2v) is 5.08. The third-order valence-corrected chi connectivity index (χ3v) is 3.89. The van der Waals surface area contributed by atoms with E-state index in [9.17, 15) is 9.90 Å². The Morgan fingerprint density at radius 3 is 3.24 bits per heavy atom. The van der Waals surface area contributed by atoms with Gasteiger partial charge in [0.2, 0.25) is 0 Å². The van der Waals surface area contributed by atoms with Gasteiger partial charge in [-0.1, -0.05) is 0 Å². The molecule has 1 aromatic heterocycles. The molecule has 1 aliphatic rings. The zero-order valence-electron chi connectivity index (χ0n) is 9.63. The molecule has 1 atom stereocenters. The Labute approximate surface area is 104 Å². The van der Waals surface area contributed by atoms with Gasteiger partial charge in [0.25, 0.3) is 5.91 Å². The minimum absolute atomic E-state index is 0.0333. The summed E-state index contributed by atoms with van der Waals surface area (Å²) < 4.78 is 0. The summed E-state index contributed by atoms with van der Waals surface area (Å²) in [6.45, 7) is 1.30. The summed E-state index contributed by atoms with van der Waals surface area (Å²) in [7, 11) is 0. The van der Waals surface area contributed by atoms with Crippen LogP contribution in [0.25, 0.3) is 0 Å². The number of nitrogens with two attached hydrogens (primary N) is 1. The highest BCUT2D eigenvalue weighted by molar-refractivity contribution is 7.09. The van der Waals surface area contributed by atoms with E-state index in [1.807, 2.05) is 0 Å². The molecule has 0 bridgehead atoms. The van der Waals surface area contributed by atoms with Crippen LogP contribution in [0.2, 0.25) is 0 Å². The number of carbonyl (C=O) groups excluding carboxylic acids is 1. The van der Waals surface area contributed by atoms with Crippen LogP contribution in [0.15, 0.2) is 5.38 Å². The number of carbonyl (C=O) groups is 1. The van der Waals surface area contributed by atoms with Gasteiger partial charge in [-0.15, -0.1) is 11.3 Å². The van der Waals surface area contributed by atoms with Crippen LogP contribution >= 0.6 is 11.3 Å². The first-order chi connectivity index (χ1) is 8.26. The third-order valence-electron chi connectivity index (χ3n) is 2.98. The summed E-state index contributed by atoms with van der Waals surface area (Å²) >= 11 is 1.47. The van der Waals surface area contributed by atoms with Crippen LogP contribution in [0.3, 0.4) is 0 Å². The molecule has 0 saturated carbocycles. The molecule has 0 aromatic carbocycles. The maximum atomic E-state index is 12.2. The van der Waals surface area contributed by atoms with Crippen molar-refractivity contribution >= 4 is 17.2 Å². The van der Waals surface area contributed by atoms with Gasteiger partial charge in [-0.3, -0.25) is 4.79 Å². The molecule has 5 nitrogen and oxygen atoms in total. The summed E-state index contributed by atoms with van der Waals surface area (Å²) in [6, 6.07) is -0.0397. The highest BCUT2D eigenvalue weighted by Crippen LogP contribution is 2.20.